The van der Waals surface area contributed by atoms with E-state index in [0.717, 1.165) is 39.3 Å². The maximum absolute atomic E-state index is 13.3. The van der Waals surface area contributed by atoms with E-state index in [-0.39, 0.29) is 22.7 Å². The number of hydrogen-bond donors (Lipinski definition) is 0. The van der Waals surface area contributed by atoms with Crippen molar-refractivity contribution in [2.45, 2.75) is 20.4 Å². The molecule has 1 aliphatic rings. The first-order valence-electron chi connectivity index (χ1n) is 9.29. The monoisotopic (exact) mass is 440 g/mol. The lowest BCUT2D eigenvalue weighted by Gasteiger charge is -2.13. The Morgan fingerprint density at radius 2 is 1.80 bits per heavy atom. The first-order chi connectivity index (χ1) is 14.3. The van der Waals surface area contributed by atoms with Crippen LogP contribution in [0.2, 0.25) is 5.02 Å². The third-order valence-corrected chi connectivity index (χ3v) is 6.25. The zero-order chi connectivity index (χ0) is 21.4. The van der Waals surface area contributed by atoms with Gasteiger partial charge in [-0.25, -0.2) is 4.39 Å². The van der Waals surface area contributed by atoms with Crippen LogP contribution in [0.5, 0.6) is 0 Å². The Morgan fingerprint density at radius 1 is 1.07 bits per heavy atom. The van der Waals surface area contributed by atoms with Crippen molar-refractivity contribution < 1.29 is 14.0 Å². The van der Waals surface area contributed by atoms with Gasteiger partial charge in [0.1, 0.15) is 5.82 Å². The maximum atomic E-state index is 13.3. The molecule has 0 unspecified atom stereocenters. The number of aromatic nitrogens is 1. The van der Waals surface area contributed by atoms with Gasteiger partial charge in [0.25, 0.3) is 11.1 Å². The van der Waals surface area contributed by atoms with Crippen LogP contribution >= 0.6 is 23.4 Å². The summed E-state index contributed by atoms with van der Waals surface area (Å²) in [6, 6.07) is 15.8. The Bertz CT molecular complexity index is 1190. The Labute approximate surface area is 182 Å². The lowest BCUT2D eigenvalue weighted by molar-refractivity contribution is -0.123. The zero-order valence-electron chi connectivity index (χ0n) is 16.4. The maximum Gasteiger partial charge on any atom is 0.293 e. The minimum atomic E-state index is -0.466. The van der Waals surface area contributed by atoms with E-state index < -0.39 is 5.82 Å². The van der Waals surface area contributed by atoms with Crippen LogP contribution in [0, 0.1) is 19.7 Å². The molecule has 0 atom stereocenters. The number of imide groups is 1. The number of hydrogen-bond acceptors (Lipinski definition) is 3. The van der Waals surface area contributed by atoms with E-state index in [1.165, 1.54) is 18.2 Å². The van der Waals surface area contributed by atoms with Gasteiger partial charge in [-0.2, -0.15) is 0 Å². The number of benzene rings is 2. The van der Waals surface area contributed by atoms with Gasteiger partial charge >= 0.3 is 0 Å². The molecule has 3 aromatic rings. The highest BCUT2D eigenvalue weighted by atomic mass is 35.5. The van der Waals surface area contributed by atoms with E-state index >= 15 is 0 Å². The molecule has 30 heavy (non-hydrogen) atoms. The second kappa shape index (κ2) is 8.13. The Balaban J connectivity index is 1.63. The normalized spacial score (nSPS) is 15.5. The average Bonchev–Trinajstić information content (AvgIpc) is 3.14. The second-order valence-electron chi connectivity index (χ2n) is 7.00. The first kappa shape index (κ1) is 20.4. The zero-order valence-corrected chi connectivity index (χ0v) is 17.9. The fourth-order valence-electron chi connectivity index (χ4n) is 3.51. The van der Waals surface area contributed by atoms with Gasteiger partial charge in [0.15, 0.2) is 0 Å². The number of amides is 2. The van der Waals surface area contributed by atoms with E-state index in [1.54, 1.807) is 6.08 Å². The average molecular weight is 441 g/mol. The lowest BCUT2D eigenvalue weighted by atomic mass is 10.2. The number of para-hydroxylation sites is 1. The summed E-state index contributed by atoms with van der Waals surface area (Å²) in [5, 5.41) is -0.187. The molecule has 4 nitrogen and oxygen atoms in total. The van der Waals surface area contributed by atoms with Gasteiger partial charge in [0, 0.05) is 22.1 Å². The highest BCUT2D eigenvalue weighted by Crippen LogP contribution is 2.35. The molecular weight excluding hydrogens is 423 g/mol. The largest absolute Gasteiger partial charge is 0.318 e. The molecule has 0 aliphatic carbocycles. The van der Waals surface area contributed by atoms with Gasteiger partial charge in [-0.05, 0) is 73.1 Å². The van der Waals surface area contributed by atoms with Crippen molar-refractivity contribution in [2.75, 3.05) is 0 Å². The molecule has 2 aromatic carbocycles. The van der Waals surface area contributed by atoms with Crippen molar-refractivity contribution >= 4 is 40.6 Å². The molecule has 152 valence electrons. The predicted molar refractivity (Wildman–Crippen MR) is 118 cm³/mol. The van der Waals surface area contributed by atoms with E-state index in [4.69, 9.17) is 11.6 Å². The third kappa shape index (κ3) is 3.80. The van der Waals surface area contributed by atoms with Gasteiger partial charge in [0.05, 0.1) is 11.4 Å². The topological polar surface area (TPSA) is 42.3 Å². The number of nitrogens with zero attached hydrogens (tertiary/aromatic N) is 2. The highest BCUT2D eigenvalue weighted by Gasteiger charge is 2.35. The molecule has 0 radical (unpaired) electrons. The second-order valence-corrected chi connectivity index (χ2v) is 8.40. The van der Waals surface area contributed by atoms with Gasteiger partial charge in [-0.3, -0.25) is 14.5 Å². The van der Waals surface area contributed by atoms with Crippen LogP contribution in [0.1, 0.15) is 22.5 Å². The minimum absolute atomic E-state index is 0.00412. The summed E-state index contributed by atoms with van der Waals surface area (Å²) in [5.74, 6) is -0.846. The van der Waals surface area contributed by atoms with E-state index in [0.29, 0.717) is 10.5 Å². The quantitative estimate of drug-likeness (QED) is 0.459. The molecule has 0 N–H and O–H groups in total. The van der Waals surface area contributed by atoms with Crippen LogP contribution in [-0.4, -0.2) is 20.6 Å². The fraction of sp³-hybridized carbons (Fsp3) is 0.130. The third-order valence-electron chi connectivity index (χ3n) is 4.99. The van der Waals surface area contributed by atoms with Crippen molar-refractivity contribution in [3.05, 3.63) is 92.9 Å². The lowest BCUT2D eigenvalue weighted by Crippen LogP contribution is -2.27. The van der Waals surface area contributed by atoms with Crippen LogP contribution in [0.15, 0.2) is 59.5 Å². The van der Waals surface area contributed by atoms with Crippen molar-refractivity contribution in [2.24, 2.45) is 0 Å². The van der Waals surface area contributed by atoms with E-state index in [1.807, 2.05) is 50.2 Å². The SMILES string of the molecule is Cc1cc(/C=C2/SC(=O)N(Cc3ccc(F)cc3Cl)C2=O)c(C)n1-c1ccccc1. The number of halogens is 2. The van der Waals surface area contributed by atoms with Crippen molar-refractivity contribution in [3.8, 4) is 5.69 Å². The summed E-state index contributed by atoms with van der Waals surface area (Å²) in [6.45, 7) is 3.98. The van der Waals surface area contributed by atoms with Gasteiger partial charge in [-0.1, -0.05) is 35.9 Å². The smallest absolute Gasteiger partial charge is 0.293 e. The predicted octanol–water partition coefficient (Wildman–Crippen LogP) is 6.12. The number of aryl methyl sites for hydroxylation is 1. The molecule has 1 aliphatic heterocycles. The Kier molecular flexibility index (Phi) is 5.54. The standard InChI is InChI=1S/C23H18ClFN2O2S/c1-14-10-17(15(2)27(14)19-6-4-3-5-7-19)11-21-22(28)26(23(29)30-21)13-16-8-9-18(25)12-20(16)24/h3-12H,13H2,1-2H3/b21-11+. The summed E-state index contributed by atoms with van der Waals surface area (Å²) < 4.78 is 15.4. The van der Waals surface area contributed by atoms with Crippen molar-refractivity contribution in [1.82, 2.24) is 9.47 Å². The summed E-state index contributed by atoms with van der Waals surface area (Å²) in [4.78, 5) is 26.8. The summed E-state index contributed by atoms with van der Waals surface area (Å²) in [7, 11) is 0. The Hall–Kier alpha value is -2.83. The van der Waals surface area contributed by atoms with E-state index in [2.05, 4.69) is 4.57 Å². The number of rotatable bonds is 4. The molecule has 7 heteroatoms. The highest BCUT2D eigenvalue weighted by molar-refractivity contribution is 8.18. The van der Waals surface area contributed by atoms with E-state index in [9.17, 15) is 14.0 Å². The summed E-state index contributed by atoms with van der Waals surface area (Å²) in [5.41, 5.74) is 4.44. The van der Waals surface area contributed by atoms with Gasteiger partial charge in [0.2, 0.25) is 0 Å². The molecule has 2 heterocycles. The summed E-state index contributed by atoms with van der Waals surface area (Å²) in [6.07, 6.45) is 1.75. The Morgan fingerprint density at radius 3 is 2.50 bits per heavy atom. The molecule has 2 amide bonds. The summed E-state index contributed by atoms with van der Waals surface area (Å²) >= 11 is 6.95. The molecule has 4 rings (SSSR count). The first-order valence-corrected chi connectivity index (χ1v) is 10.5. The molecule has 0 bridgehead atoms. The number of carbonyl (C=O) groups excluding carboxylic acids is 2. The van der Waals surface area contributed by atoms with Crippen LogP contribution in [-0.2, 0) is 11.3 Å². The fourth-order valence-corrected chi connectivity index (χ4v) is 4.56. The molecule has 0 saturated carbocycles. The molecule has 1 fully saturated rings. The van der Waals surface area contributed by atoms with Gasteiger partial charge in [-0.15, -0.1) is 0 Å². The molecule has 1 saturated heterocycles. The molecular formula is C23H18ClFN2O2S. The molecule has 0 spiro atoms. The van der Waals surface area contributed by atoms with Crippen LogP contribution < -0.4 is 0 Å². The van der Waals surface area contributed by atoms with Gasteiger partial charge < -0.3 is 4.57 Å². The number of thioether (sulfide) groups is 1. The van der Waals surface area contributed by atoms with Crippen LogP contribution in [0.4, 0.5) is 9.18 Å². The number of carbonyl (C=O) groups is 2. The van der Waals surface area contributed by atoms with Crippen molar-refractivity contribution in [3.63, 3.8) is 0 Å². The van der Waals surface area contributed by atoms with Crippen LogP contribution in [0.25, 0.3) is 11.8 Å². The van der Waals surface area contributed by atoms with Crippen LogP contribution in [0.3, 0.4) is 0 Å². The van der Waals surface area contributed by atoms with Crippen molar-refractivity contribution in [1.29, 1.82) is 0 Å². The minimum Gasteiger partial charge on any atom is -0.318 e. The molecule has 1 aromatic heterocycles.